The molecule has 0 amide bonds. The molecule has 0 N–H and O–H groups in total. The van der Waals surface area contributed by atoms with Gasteiger partial charge in [-0.05, 0) is 32.6 Å². The summed E-state index contributed by atoms with van der Waals surface area (Å²) in [5, 5.41) is 15.2. The highest BCUT2D eigenvalue weighted by Crippen LogP contribution is 2.27. The minimum atomic E-state index is -0.358. The standard InChI is InChI=1S/C7H12O2.C6H7NO2.C2H3N/c1-2-9-7(8)6-4-3-5-6;7-4-9-6(8)5-2-1-3-5;1-2-3/h6H,2-5H2,1H3;5H,1-3H2;1H3. The van der Waals surface area contributed by atoms with Gasteiger partial charge in [0.15, 0.2) is 0 Å². The summed E-state index contributed by atoms with van der Waals surface area (Å²) in [6.07, 6.45) is 7.51. The second-order valence-corrected chi connectivity index (χ2v) is 4.74. The zero-order chi connectivity index (χ0) is 16.1. The second-order valence-electron chi connectivity index (χ2n) is 4.74. The Morgan fingerprint density at radius 1 is 1.05 bits per heavy atom. The third kappa shape index (κ3) is 7.94. The Morgan fingerprint density at radius 2 is 1.48 bits per heavy atom. The molecule has 2 aliphatic carbocycles. The average molecular weight is 294 g/mol. The first-order chi connectivity index (χ1) is 10.1. The van der Waals surface area contributed by atoms with E-state index in [1.807, 2.05) is 6.92 Å². The van der Waals surface area contributed by atoms with Gasteiger partial charge in [0.05, 0.1) is 24.5 Å². The number of carbonyl (C=O) groups is 2. The lowest BCUT2D eigenvalue weighted by Gasteiger charge is -2.22. The van der Waals surface area contributed by atoms with Crippen molar-refractivity contribution in [3.63, 3.8) is 0 Å². The third-order valence-corrected chi connectivity index (χ3v) is 3.31. The predicted molar refractivity (Wildman–Crippen MR) is 74.3 cm³/mol. The average Bonchev–Trinajstić information content (AvgIpc) is 2.26. The Kier molecular flexibility index (Phi) is 10.6. The normalized spacial score (nSPS) is 16.0. The molecule has 0 atom stereocenters. The number of ether oxygens (including phenoxy) is 2. The molecule has 6 heteroatoms. The van der Waals surface area contributed by atoms with E-state index in [9.17, 15) is 9.59 Å². The van der Waals surface area contributed by atoms with Gasteiger partial charge in [-0.3, -0.25) is 9.59 Å². The Bertz CT molecular complexity index is 401. The van der Waals surface area contributed by atoms with Gasteiger partial charge in [0.2, 0.25) is 0 Å². The van der Waals surface area contributed by atoms with Crippen molar-refractivity contribution in [1.29, 1.82) is 10.5 Å². The molecular weight excluding hydrogens is 272 g/mol. The fourth-order valence-electron chi connectivity index (χ4n) is 1.68. The van der Waals surface area contributed by atoms with Crippen LogP contribution in [0.5, 0.6) is 0 Å². The molecule has 0 aromatic rings. The molecule has 0 saturated heterocycles. The highest BCUT2D eigenvalue weighted by molar-refractivity contribution is 5.74. The first-order valence-corrected chi connectivity index (χ1v) is 7.17. The summed E-state index contributed by atoms with van der Waals surface area (Å²) in [7, 11) is 0. The summed E-state index contributed by atoms with van der Waals surface area (Å²) in [4.78, 5) is 21.4. The fraction of sp³-hybridized carbons (Fsp3) is 0.733. The van der Waals surface area contributed by atoms with Crippen LogP contribution in [0.15, 0.2) is 0 Å². The zero-order valence-corrected chi connectivity index (χ0v) is 12.6. The molecule has 0 aromatic carbocycles. The smallest absolute Gasteiger partial charge is 0.324 e. The maximum Gasteiger partial charge on any atom is 0.324 e. The van der Waals surface area contributed by atoms with E-state index >= 15 is 0 Å². The molecule has 2 saturated carbocycles. The van der Waals surface area contributed by atoms with Gasteiger partial charge in [-0.25, -0.2) is 0 Å². The van der Waals surface area contributed by atoms with E-state index in [4.69, 9.17) is 15.3 Å². The van der Waals surface area contributed by atoms with Crippen LogP contribution in [0.1, 0.15) is 52.4 Å². The van der Waals surface area contributed by atoms with Gasteiger partial charge in [-0.2, -0.15) is 5.26 Å². The molecule has 6 nitrogen and oxygen atoms in total. The van der Waals surface area contributed by atoms with Crippen LogP contribution in [0.4, 0.5) is 0 Å². The molecule has 2 rings (SSSR count). The third-order valence-electron chi connectivity index (χ3n) is 3.31. The van der Waals surface area contributed by atoms with E-state index in [2.05, 4.69) is 4.74 Å². The lowest BCUT2D eigenvalue weighted by molar-refractivity contribution is -0.150. The molecule has 21 heavy (non-hydrogen) atoms. The Hall–Kier alpha value is -2.08. The zero-order valence-electron chi connectivity index (χ0n) is 12.6. The summed E-state index contributed by atoms with van der Waals surface area (Å²) in [6, 6.07) is 1.75. The maximum absolute atomic E-state index is 10.8. The van der Waals surface area contributed by atoms with Crippen molar-refractivity contribution < 1.29 is 19.1 Å². The minimum Gasteiger partial charge on any atom is -0.466 e. The van der Waals surface area contributed by atoms with E-state index < -0.39 is 0 Å². The molecule has 0 aliphatic heterocycles. The van der Waals surface area contributed by atoms with Crippen molar-refractivity contribution in [2.24, 2.45) is 11.8 Å². The Labute approximate surface area is 125 Å². The summed E-state index contributed by atoms with van der Waals surface area (Å²) < 4.78 is 8.92. The summed E-state index contributed by atoms with van der Waals surface area (Å²) in [5.74, 6) is -0.0953. The van der Waals surface area contributed by atoms with Crippen molar-refractivity contribution in [1.82, 2.24) is 0 Å². The summed E-state index contributed by atoms with van der Waals surface area (Å²) >= 11 is 0. The van der Waals surface area contributed by atoms with Gasteiger partial charge >= 0.3 is 11.9 Å². The van der Waals surface area contributed by atoms with Crippen LogP contribution in [0.25, 0.3) is 0 Å². The van der Waals surface area contributed by atoms with Crippen LogP contribution in [0, 0.1) is 34.7 Å². The van der Waals surface area contributed by atoms with E-state index in [-0.39, 0.29) is 23.8 Å². The molecule has 0 heterocycles. The highest BCUT2D eigenvalue weighted by atomic mass is 16.5. The topological polar surface area (TPSA) is 100 Å². The van der Waals surface area contributed by atoms with Gasteiger partial charge in [0.25, 0.3) is 6.26 Å². The van der Waals surface area contributed by atoms with Crippen LogP contribution in [-0.2, 0) is 19.1 Å². The molecule has 0 unspecified atom stereocenters. The number of hydrogen-bond acceptors (Lipinski definition) is 6. The summed E-state index contributed by atoms with van der Waals surface area (Å²) in [5.41, 5.74) is 0. The van der Waals surface area contributed by atoms with Gasteiger partial charge in [-0.15, -0.1) is 5.26 Å². The lowest BCUT2D eigenvalue weighted by atomic mass is 9.86. The minimum absolute atomic E-state index is 0.00347. The Morgan fingerprint density at radius 3 is 1.76 bits per heavy atom. The van der Waals surface area contributed by atoms with Gasteiger partial charge in [0, 0.05) is 6.92 Å². The monoisotopic (exact) mass is 294 g/mol. The quantitative estimate of drug-likeness (QED) is 0.586. The number of hydrogen-bond donors (Lipinski definition) is 0. The molecular formula is C15H22N2O4. The molecule has 2 aliphatic rings. The first kappa shape index (κ1) is 18.9. The SMILES string of the molecule is CC#N.CCOC(=O)C1CCC1.N#COC(=O)C1CCC1. The van der Waals surface area contributed by atoms with Crippen molar-refractivity contribution in [3.8, 4) is 12.3 Å². The van der Waals surface area contributed by atoms with Crippen LogP contribution in [0.2, 0.25) is 0 Å². The molecule has 2 fully saturated rings. The van der Waals surface area contributed by atoms with Crippen LogP contribution >= 0.6 is 0 Å². The van der Waals surface area contributed by atoms with Crippen LogP contribution in [0.3, 0.4) is 0 Å². The fourth-order valence-corrected chi connectivity index (χ4v) is 1.68. The largest absolute Gasteiger partial charge is 0.466 e. The van der Waals surface area contributed by atoms with E-state index in [0.717, 1.165) is 32.1 Å². The van der Waals surface area contributed by atoms with Gasteiger partial charge < -0.3 is 9.47 Å². The van der Waals surface area contributed by atoms with Gasteiger partial charge in [-0.1, -0.05) is 12.8 Å². The van der Waals surface area contributed by atoms with E-state index in [1.165, 1.54) is 19.6 Å². The number of esters is 2. The summed E-state index contributed by atoms with van der Waals surface area (Å²) in [6.45, 7) is 3.80. The van der Waals surface area contributed by atoms with Crippen molar-refractivity contribution in [3.05, 3.63) is 0 Å². The maximum atomic E-state index is 10.8. The predicted octanol–water partition coefficient (Wildman–Crippen LogP) is 2.69. The second kappa shape index (κ2) is 11.7. The number of nitriles is 2. The van der Waals surface area contributed by atoms with Gasteiger partial charge in [0.1, 0.15) is 0 Å². The Balaban J connectivity index is 0.000000322. The molecule has 0 radical (unpaired) electrons. The number of rotatable bonds is 3. The lowest BCUT2D eigenvalue weighted by Crippen LogP contribution is -2.23. The molecule has 0 bridgehead atoms. The van der Waals surface area contributed by atoms with Crippen molar-refractivity contribution >= 4 is 11.9 Å². The molecule has 0 aromatic heterocycles. The number of nitrogens with zero attached hydrogens (tertiary/aromatic N) is 2. The molecule has 0 spiro atoms. The molecule has 116 valence electrons. The number of carbonyl (C=O) groups excluding carboxylic acids is 2. The van der Waals surface area contributed by atoms with E-state index in [1.54, 1.807) is 6.07 Å². The van der Waals surface area contributed by atoms with E-state index in [0.29, 0.717) is 6.61 Å². The highest BCUT2D eigenvalue weighted by Gasteiger charge is 2.26. The van der Waals surface area contributed by atoms with Crippen LogP contribution < -0.4 is 0 Å². The van der Waals surface area contributed by atoms with Crippen molar-refractivity contribution in [2.75, 3.05) is 6.61 Å². The first-order valence-electron chi connectivity index (χ1n) is 7.17. The van der Waals surface area contributed by atoms with Crippen molar-refractivity contribution in [2.45, 2.75) is 52.4 Å². The van der Waals surface area contributed by atoms with Crippen LogP contribution in [-0.4, -0.2) is 18.5 Å².